The van der Waals surface area contributed by atoms with Gasteiger partial charge in [0.25, 0.3) is 0 Å². The Morgan fingerprint density at radius 3 is 2.44 bits per heavy atom. The molecule has 9 heteroatoms. The first-order valence-electron chi connectivity index (χ1n) is 10.5. The molecule has 0 unspecified atom stereocenters. The van der Waals surface area contributed by atoms with Gasteiger partial charge in [0.15, 0.2) is 0 Å². The molecule has 166 valence electrons. The summed E-state index contributed by atoms with van der Waals surface area (Å²) in [5, 5.41) is 22.7. The highest BCUT2D eigenvalue weighted by molar-refractivity contribution is 6.33. The van der Waals surface area contributed by atoms with Crippen LogP contribution in [0.3, 0.4) is 0 Å². The van der Waals surface area contributed by atoms with Crippen molar-refractivity contribution in [3.8, 4) is 0 Å². The number of amides is 1. The molecule has 0 spiro atoms. The van der Waals surface area contributed by atoms with Crippen LogP contribution in [0.1, 0.15) is 54.3 Å². The molecular weight excluding hydrogens is 432 g/mol. The van der Waals surface area contributed by atoms with Gasteiger partial charge in [-0.3, -0.25) is 9.59 Å². The van der Waals surface area contributed by atoms with Crippen molar-refractivity contribution in [2.75, 3.05) is 10.6 Å². The minimum absolute atomic E-state index is 0.0668. The fraction of sp³-hybridized carbons (Fsp3) is 0.304. The van der Waals surface area contributed by atoms with Gasteiger partial charge >= 0.3 is 23.8 Å². The van der Waals surface area contributed by atoms with Crippen molar-refractivity contribution < 1.29 is 19.1 Å². The lowest BCUT2D eigenvalue weighted by molar-refractivity contribution is -0.138. The van der Waals surface area contributed by atoms with Crippen LogP contribution in [-0.2, 0) is 4.79 Å². The van der Waals surface area contributed by atoms with E-state index in [1.807, 2.05) is 30.3 Å². The molecule has 0 atom stereocenters. The normalized spacial score (nSPS) is 18.2. The number of nitrogens with zero attached hydrogens (tertiary/aromatic N) is 2. The van der Waals surface area contributed by atoms with E-state index in [0.717, 1.165) is 25.7 Å². The van der Waals surface area contributed by atoms with Gasteiger partial charge in [-0.2, -0.15) is 0 Å². The van der Waals surface area contributed by atoms with E-state index in [1.54, 1.807) is 18.2 Å². The van der Waals surface area contributed by atoms with Crippen molar-refractivity contribution in [2.24, 2.45) is 5.92 Å². The van der Waals surface area contributed by atoms with Crippen LogP contribution in [0.5, 0.6) is 0 Å². The average Bonchev–Trinajstić information content (AvgIpc) is 3.25. The van der Waals surface area contributed by atoms with Crippen LogP contribution >= 0.6 is 11.6 Å². The smallest absolute Gasteiger partial charge is 0.320 e. The number of carboxylic acids is 1. The average molecular weight is 455 g/mol. The quantitative estimate of drug-likeness (QED) is 0.433. The Morgan fingerprint density at radius 1 is 1.03 bits per heavy atom. The second kappa shape index (κ2) is 9.82. The lowest BCUT2D eigenvalue weighted by atomic mass is 9.77. The molecule has 32 heavy (non-hydrogen) atoms. The molecule has 8 nitrogen and oxygen atoms in total. The summed E-state index contributed by atoms with van der Waals surface area (Å²) in [6.45, 7) is 0. The maximum atomic E-state index is 12.4. The summed E-state index contributed by atoms with van der Waals surface area (Å²) in [5.74, 6) is -0.707. The zero-order chi connectivity index (χ0) is 22.5. The fourth-order valence-electron chi connectivity index (χ4n) is 4.01. The predicted octanol–water partition coefficient (Wildman–Crippen LogP) is 5.47. The number of carbonyl (C=O) groups is 2. The highest BCUT2D eigenvalue weighted by atomic mass is 35.5. The number of aliphatic carboxylic acids is 1. The minimum Gasteiger partial charge on any atom is -0.481 e. The first-order chi connectivity index (χ1) is 15.5. The Kier molecular flexibility index (Phi) is 6.70. The number of carbonyl (C=O) groups excluding carboxylic acids is 1. The molecule has 0 radical (unpaired) electrons. The van der Waals surface area contributed by atoms with Gasteiger partial charge in [0.1, 0.15) is 0 Å². The molecule has 0 bridgehead atoms. The van der Waals surface area contributed by atoms with E-state index >= 15 is 0 Å². The SMILES string of the molecule is O=C(O)C[C@H]1CC[C@H](c2ccc(NC(=O)c3nnc(Nc4ccccc4Cl)o3)cc2)CC1. The standard InChI is InChI=1S/C23H23ClN4O4/c24-18-3-1-2-4-19(18)26-23-28-27-22(32-23)21(31)25-17-11-9-16(10-12-17)15-7-5-14(6-8-15)13-20(29)30/h1-4,9-12,14-15H,5-8,13H2,(H,25,31)(H,26,28)(H,29,30)/t14-,15-. The zero-order valence-corrected chi connectivity index (χ0v) is 18.0. The molecule has 1 aliphatic rings. The predicted molar refractivity (Wildman–Crippen MR) is 120 cm³/mol. The largest absolute Gasteiger partial charge is 0.481 e. The summed E-state index contributed by atoms with van der Waals surface area (Å²) in [6.07, 6.45) is 4.07. The fourth-order valence-corrected chi connectivity index (χ4v) is 4.20. The van der Waals surface area contributed by atoms with Gasteiger partial charge in [0.2, 0.25) is 0 Å². The van der Waals surface area contributed by atoms with Crippen LogP contribution in [0, 0.1) is 5.92 Å². The lowest BCUT2D eigenvalue weighted by Gasteiger charge is -2.28. The number of anilines is 3. The summed E-state index contributed by atoms with van der Waals surface area (Å²) < 4.78 is 5.39. The second-order valence-corrected chi connectivity index (χ2v) is 8.32. The molecule has 4 rings (SSSR count). The van der Waals surface area contributed by atoms with Crippen molar-refractivity contribution in [3.63, 3.8) is 0 Å². The Hall–Kier alpha value is -3.39. The Morgan fingerprint density at radius 2 is 1.75 bits per heavy atom. The van der Waals surface area contributed by atoms with E-state index in [4.69, 9.17) is 21.1 Å². The van der Waals surface area contributed by atoms with Gasteiger partial charge in [-0.25, -0.2) is 0 Å². The zero-order valence-electron chi connectivity index (χ0n) is 17.3. The second-order valence-electron chi connectivity index (χ2n) is 7.91. The van der Waals surface area contributed by atoms with Crippen LogP contribution in [0.25, 0.3) is 0 Å². The van der Waals surface area contributed by atoms with E-state index in [9.17, 15) is 9.59 Å². The van der Waals surface area contributed by atoms with E-state index < -0.39 is 11.9 Å². The molecule has 3 N–H and O–H groups in total. The van der Waals surface area contributed by atoms with Crippen LogP contribution in [0.2, 0.25) is 5.02 Å². The Bertz CT molecular complexity index is 1090. The maximum absolute atomic E-state index is 12.4. The molecule has 0 saturated heterocycles. The number of hydrogen-bond donors (Lipinski definition) is 3. The number of para-hydroxylation sites is 1. The van der Waals surface area contributed by atoms with E-state index in [0.29, 0.717) is 22.3 Å². The molecule has 1 heterocycles. The van der Waals surface area contributed by atoms with Crippen LogP contribution in [0.15, 0.2) is 52.9 Å². The Labute approximate surface area is 190 Å². The molecule has 2 aromatic carbocycles. The number of aromatic nitrogens is 2. The van der Waals surface area contributed by atoms with Crippen LogP contribution in [0.4, 0.5) is 17.4 Å². The third-order valence-electron chi connectivity index (χ3n) is 5.68. The molecule has 1 aromatic heterocycles. The summed E-state index contributed by atoms with van der Waals surface area (Å²) in [6, 6.07) is 14.8. The van der Waals surface area contributed by atoms with E-state index in [2.05, 4.69) is 20.8 Å². The van der Waals surface area contributed by atoms with Gasteiger partial charge in [-0.1, -0.05) is 41.0 Å². The van der Waals surface area contributed by atoms with E-state index in [-0.39, 0.29) is 24.2 Å². The third-order valence-corrected chi connectivity index (χ3v) is 6.01. The summed E-state index contributed by atoms with van der Waals surface area (Å²) >= 11 is 6.09. The molecule has 1 amide bonds. The first kappa shape index (κ1) is 21.8. The monoisotopic (exact) mass is 454 g/mol. The van der Waals surface area contributed by atoms with Crippen LogP contribution in [-0.4, -0.2) is 27.2 Å². The molecule has 1 aliphatic carbocycles. The van der Waals surface area contributed by atoms with Crippen LogP contribution < -0.4 is 10.6 Å². The summed E-state index contributed by atoms with van der Waals surface area (Å²) in [4.78, 5) is 23.3. The van der Waals surface area contributed by atoms with Crippen molar-refractivity contribution in [1.29, 1.82) is 0 Å². The van der Waals surface area contributed by atoms with Gasteiger partial charge in [0.05, 0.1) is 10.7 Å². The Balaban J connectivity index is 1.32. The highest BCUT2D eigenvalue weighted by Gasteiger charge is 2.24. The highest BCUT2D eigenvalue weighted by Crippen LogP contribution is 2.37. The molecular formula is C23H23ClN4O4. The number of rotatable bonds is 7. The third kappa shape index (κ3) is 5.45. The lowest BCUT2D eigenvalue weighted by Crippen LogP contribution is -2.16. The summed E-state index contributed by atoms with van der Waals surface area (Å²) in [5.41, 5.74) is 2.41. The maximum Gasteiger partial charge on any atom is 0.320 e. The van der Waals surface area contributed by atoms with Crippen molar-refractivity contribution >= 4 is 40.9 Å². The van der Waals surface area contributed by atoms with Gasteiger partial charge in [-0.15, -0.1) is 5.10 Å². The van der Waals surface area contributed by atoms with Gasteiger partial charge < -0.3 is 20.2 Å². The number of benzene rings is 2. The van der Waals surface area contributed by atoms with Gasteiger partial charge in [-0.05, 0) is 67.3 Å². The van der Waals surface area contributed by atoms with Crippen molar-refractivity contribution in [2.45, 2.75) is 38.0 Å². The topological polar surface area (TPSA) is 117 Å². The number of carboxylic acid groups (broad SMARTS) is 1. The summed E-state index contributed by atoms with van der Waals surface area (Å²) in [7, 11) is 0. The number of hydrogen-bond acceptors (Lipinski definition) is 6. The van der Waals surface area contributed by atoms with Crippen molar-refractivity contribution in [3.05, 3.63) is 65.0 Å². The molecule has 1 saturated carbocycles. The van der Waals surface area contributed by atoms with Crippen molar-refractivity contribution in [1.82, 2.24) is 10.2 Å². The molecule has 3 aromatic rings. The van der Waals surface area contributed by atoms with E-state index in [1.165, 1.54) is 5.56 Å². The molecule has 0 aliphatic heterocycles. The first-order valence-corrected chi connectivity index (χ1v) is 10.8. The number of nitrogens with one attached hydrogen (secondary N) is 2. The number of halogens is 1. The molecule has 1 fully saturated rings. The van der Waals surface area contributed by atoms with Gasteiger partial charge in [0, 0.05) is 12.1 Å². The minimum atomic E-state index is -0.721.